The van der Waals surface area contributed by atoms with Gasteiger partial charge in [0.2, 0.25) is 5.91 Å². The molecule has 0 aliphatic heterocycles. The summed E-state index contributed by atoms with van der Waals surface area (Å²) in [5.41, 5.74) is 1.13. The van der Waals surface area contributed by atoms with E-state index in [4.69, 9.17) is 4.74 Å². The number of halogens is 1. The van der Waals surface area contributed by atoms with Crippen LogP contribution in [0.25, 0.3) is 0 Å². The number of carbonyl (C=O) groups is 2. The van der Waals surface area contributed by atoms with Gasteiger partial charge in [-0.25, -0.2) is 4.79 Å². The molecular formula is C15H20BrNO3. The molecule has 4 nitrogen and oxygen atoms in total. The molecule has 0 spiro atoms. The molecule has 0 radical (unpaired) electrons. The van der Waals surface area contributed by atoms with Gasteiger partial charge in [0.15, 0.2) is 0 Å². The molecule has 20 heavy (non-hydrogen) atoms. The van der Waals surface area contributed by atoms with Crippen LogP contribution in [0.1, 0.15) is 49.9 Å². The summed E-state index contributed by atoms with van der Waals surface area (Å²) in [6.45, 7) is 4.20. The van der Waals surface area contributed by atoms with Crippen LogP contribution in [-0.2, 0) is 9.53 Å². The summed E-state index contributed by atoms with van der Waals surface area (Å²) in [6, 6.07) is 5.00. The number of hydrogen-bond acceptors (Lipinski definition) is 3. The zero-order chi connectivity index (χ0) is 15.0. The maximum absolute atomic E-state index is 11.7. The van der Waals surface area contributed by atoms with Crippen molar-refractivity contribution in [3.8, 4) is 0 Å². The quantitative estimate of drug-likeness (QED) is 0.598. The second-order valence-electron chi connectivity index (χ2n) is 4.42. The predicted molar refractivity (Wildman–Crippen MR) is 82.9 cm³/mol. The normalized spacial score (nSPS) is 10.2. The lowest BCUT2D eigenvalue weighted by Gasteiger charge is -2.09. The number of unbranched alkanes of at least 4 members (excludes halogenated alkanes) is 2. The van der Waals surface area contributed by atoms with Crippen molar-refractivity contribution in [3.63, 3.8) is 0 Å². The Morgan fingerprint density at radius 2 is 2.00 bits per heavy atom. The lowest BCUT2D eigenvalue weighted by Crippen LogP contribution is -2.12. The molecule has 0 bridgehead atoms. The number of anilines is 1. The van der Waals surface area contributed by atoms with Gasteiger partial charge in [0.25, 0.3) is 0 Å². The van der Waals surface area contributed by atoms with Crippen LogP contribution in [0.2, 0.25) is 0 Å². The predicted octanol–water partition coefficient (Wildman–Crippen LogP) is 4.14. The minimum atomic E-state index is -0.367. The third-order valence-corrected chi connectivity index (χ3v) is 3.42. The van der Waals surface area contributed by atoms with Gasteiger partial charge in [-0.2, -0.15) is 0 Å². The maximum atomic E-state index is 11.7. The third-order valence-electron chi connectivity index (χ3n) is 2.76. The zero-order valence-electron chi connectivity index (χ0n) is 11.9. The van der Waals surface area contributed by atoms with Crippen molar-refractivity contribution >= 4 is 33.5 Å². The summed E-state index contributed by atoms with van der Waals surface area (Å²) in [7, 11) is 0. The Hall–Kier alpha value is -1.36. The van der Waals surface area contributed by atoms with Crippen molar-refractivity contribution in [3.05, 3.63) is 28.2 Å². The van der Waals surface area contributed by atoms with Gasteiger partial charge in [-0.05, 0) is 47.5 Å². The molecule has 0 aromatic heterocycles. The molecule has 0 heterocycles. The van der Waals surface area contributed by atoms with E-state index in [0.717, 1.165) is 19.3 Å². The number of nitrogens with one attached hydrogen (secondary N) is 1. The van der Waals surface area contributed by atoms with Crippen molar-refractivity contribution in [1.29, 1.82) is 0 Å². The van der Waals surface area contributed by atoms with E-state index in [1.807, 2.05) is 0 Å². The maximum Gasteiger partial charge on any atom is 0.338 e. The fraction of sp³-hybridized carbons (Fsp3) is 0.467. The van der Waals surface area contributed by atoms with E-state index in [-0.39, 0.29) is 11.9 Å². The first-order valence-corrected chi connectivity index (χ1v) is 7.64. The Labute approximate surface area is 128 Å². The van der Waals surface area contributed by atoms with Gasteiger partial charge >= 0.3 is 5.97 Å². The van der Waals surface area contributed by atoms with Crippen molar-refractivity contribution < 1.29 is 14.3 Å². The molecule has 0 saturated carbocycles. The Balaban J connectivity index is 2.64. The lowest BCUT2D eigenvalue weighted by atomic mass is 10.2. The van der Waals surface area contributed by atoms with Crippen molar-refractivity contribution in [2.24, 2.45) is 0 Å². The number of ether oxygens (including phenoxy) is 1. The molecule has 1 amide bonds. The van der Waals surface area contributed by atoms with Crippen LogP contribution in [0.4, 0.5) is 5.69 Å². The summed E-state index contributed by atoms with van der Waals surface area (Å²) in [4.78, 5) is 23.3. The molecule has 0 aliphatic carbocycles. The van der Waals surface area contributed by atoms with Gasteiger partial charge in [0.1, 0.15) is 0 Å². The molecule has 110 valence electrons. The van der Waals surface area contributed by atoms with E-state index in [9.17, 15) is 9.59 Å². The van der Waals surface area contributed by atoms with Gasteiger partial charge < -0.3 is 10.1 Å². The SMILES string of the molecule is CCCCCC(=O)Nc1ccc(C(=O)OCC)cc1Br. The first-order chi connectivity index (χ1) is 9.58. The molecule has 1 rings (SSSR count). The second kappa shape index (κ2) is 8.74. The third kappa shape index (κ3) is 5.33. The summed E-state index contributed by atoms with van der Waals surface area (Å²) >= 11 is 3.35. The molecular weight excluding hydrogens is 322 g/mol. The van der Waals surface area contributed by atoms with Crippen LogP contribution >= 0.6 is 15.9 Å². The molecule has 5 heteroatoms. The van der Waals surface area contributed by atoms with Crippen LogP contribution in [0.15, 0.2) is 22.7 Å². The number of carbonyl (C=O) groups excluding carboxylic acids is 2. The van der Waals surface area contributed by atoms with Gasteiger partial charge in [-0.3, -0.25) is 4.79 Å². The van der Waals surface area contributed by atoms with Crippen LogP contribution in [0.5, 0.6) is 0 Å². The Bertz CT molecular complexity index is 474. The molecule has 0 aliphatic rings. The van der Waals surface area contributed by atoms with Crippen LogP contribution in [0, 0.1) is 0 Å². The molecule has 0 atom stereocenters. The monoisotopic (exact) mass is 341 g/mol. The van der Waals surface area contributed by atoms with Crippen molar-refractivity contribution in [2.45, 2.75) is 39.5 Å². The average Bonchev–Trinajstić information content (AvgIpc) is 2.41. The highest BCUT2D eigenvalue weighted by Gasteiger charge is 2.10. The average molecular weight is 342 g/mol. The molecule has 1 N–H and O–H groups in total. The minimum absolute atomic E-state index is 0.0111. The van der Waals surface area contributed by atoms with E-state index in [0.29, 0.717) is 28.8 Å². The summed E-state index contributed by atoms with van der Waals surface area (Å²) in [5.74, 6) is -0.378. The van der Waals surface area contributed by atoms with E-state index in [1.165, 1.54) is 0 Å². The summed E-state index contributed by atoms with van der Waals surface area (Å²) in [5, 5.41) is 2.83. The molecule has 0 saturated heterocycles. The number of rotatable bonds is 7. The standard InChI is InChI=1S/C15H20BrNO3/c1-3-5-6-7-14(18)17-13-9-8-11(10-12(13)16)15(19)20-4-2/h8-10H,3-7H2,1-2H3,(H,17,18). The number of benzene rings is 1. The molecule has 1 aromatic carbocycles. The van der Waals surface area contributed by atoms with Gasteiger partial charge in [0, 0.05) is 10.9 Å². The van der Waals surface area contributed by atoms with Crippen LogP contribution in [0.3, 0.4) is 0 Å². The summed E-state index contributed by atoms with van der Waals surface area (Å²) in [6.07, 6.45) is 3.54. The van der Waals surface area contributed by atoms with Gasteiger partial charge in [-0.15, -0.1) is 0 Å². The van der Waals surface area contributed by atoms with E-state index >= 15 is 0 Å². The topological polar surface area (TPSA) is 55.4 Å². The molecule has 0 fully saturated rings. The highest BCUT2D eigenvalue weighted by atomic mass is 79.9. The Morgan fingerprint density at radius 3 is 2.60 bits per heavy atom. The largest absolute Gasteiger partial charge is 0.462 e. The van der Waals surface area contributed by atoms with E-state index in [2.05, 4.69) is 28.2 Å². The number of hydrogen-bond donors (Lipinski definition) is 1. The number of amides is 1. The van der Waals surface area contributed by atoms with Gasteiger partial charge in [-0.1, -0.05) is 19.8 Å². The smallest absolute Gasteiger partial charge is 0.338 e. The highest BCUT2D eigenvalue weighted by Crippen LogP contribution is 2.24. The molecule has 1 aromatic rings. The second-order valence-corrected chi connectivity index (χ2v) is 5.27. The van der Waals surface area contributed by atoms with Crippen molar-refractivity contribution in [1.82, 2.24) is 0 Å². The fourth-order valence-corrected chi connectivity index (χ4v) is 2.18. The van der Waals surface area contributed by atoms with Crippen LogP contribution in [-0.4, -0.2) is 18.5 Å². The first kappa shape index (κ1) is 16.7. The zero-order valence-corrected chi connectivity index (χ0v) is 13.5. The fourth-order valence-electron chi connectivity index (χ4n) is 1.71. The molecule has 0 unspecified atom stereocenters. The number of esters is 1. The van der Waals surface area contributed by atoms with Crippen molar-refractivity contribution in [2.75, 3.05) is 11.9 Å². The van der Waals surface area contributed by atoms with E-state index in [1.54, 1.807) is 25.1 Å². The van der Waals surface area contributed by atoms with Crippen LogP contribution < -0.4 is 5.32 Å². The Morgan fingerprint density at radius 1 is 1.25 bits per heavy atom. The lowest BCUT2D eigenvalue weighted by molar-refractivity contribution is -0.116. The Kier molecular flexibility index (Phi) is 7.30. The minimum Gasteiger partial charge on any atom is -0.462 e. The van der Waals surface area contributed by atoms with E-state index < -0.39 is 0 Å². The van der Waals surface area contributed by atoms with Gasteiger partial charge in [0.05, 0.1) is 17.9 Å². The highest BCUT2D eigenvalue weighted by molar-refractivity contribution is 9.10. The summed E-state index contributed by atoms with van der Waals surface area (Å²) < 4.78 is 5.60. The first-order valence-electron chi connectivity index (χ1n) is 6.85.